The van der Waals surface area contributed by atoms with E-state index in [4.69, 9.17) is 0 Å². The molecule has 2 amide bonds. The zero-order valence-electron chi connectivity index (χ0n) is 19.0. The molecule has 2 aromatic carbocycles. The summed E-state index contributed by atoms with van der Waals surface area (Å²) in [5, 5.41) is 14.0. The van der Waals surface area contributed by atoms with E-state index in [-0.39, 0.29) is 11.8 Å². The van der Waals surface area contributed by atoms with Gasteiger partial charge < -0.3 is 20.2 Å². The number of benzene rings is 2. The molecular weight excluding hydrogens is 416 g/mol. The molecule has 3 aliphatic rings. The number of aliphatic hydroxyl groups is 1. The van der Waals surface area contributed by atoms with Gasteiger partial charge in [-0.1, -0.05) is 24.3 Å². The first-order valence-corrected chi connectivity index (χ1v) is 12.0. The van der Waals surface area contributed by atoms with E-state index in [9.17, 15) is 14.7 Å². The summed E-state index contributed by atoms with van der Waals surface area (Å²) in [6.07, 6.45) is 1.11. The van der Waals surface area contributed by atoms with Gasteiger partial charge in [0.1, 0.15) is 0 Å². The minimum atomic E-state index is -0.589. The fraction of sp³-hybridized carbons (Fsp3) is 0.462. The maximum Gasteiger partial charge on any atom is 0.254 e. The molecule has 0 aromatic heterocycles. The van der Waals surface area contributed by atoms with Gasteiger partial charge in [-0.15, -0.1) is 0 Å². The average Bonchev–Trinajstić information content (AvgIpc) is 2.85. The molecule has 0 aliphatic carbocycles. The third-order valence-electron chi connectivity index (χ3n) is 7.03. The number of nitrogens with one attached hydrogen (secondary N) is 1. The van der Waals surface area contributed by atoms with Crippen LogP contribution in [0.25, 0.3) is 0 Å². The Bertz CT molecular complexity index is 1030. The minimum Gasteiger partial charge on any atom is -0.390 e. The quantitative estimate of drug-likeness (QED) is 0.718. The summed E-state index contributed by atoms with van der Waals surface area (Å²) >= 11 is 0. The standard InChI is InChI=1S/C26H32N4O3/c31-23(17-28-11-7-19-3-1-2-4-22(19)16-28)18-30-12-8-20-15-21(5-6-24(20)26(30)33)25(32)29-13-9-27-10-14-29/h1-6,15,23,27,31H,7-14,16-18H2/t23-/m1/s1. The van der Waals surface area contributed by atoms with Gasteiger partial charge in [-0.05, 0) is 47.7 Å². The maximum atomic E-state index is 13.1. The highest BCUT2D eigenvalue weighted by atomic mass is 16.3. The predicted octanol–water partition coefficient (Wildman–Crippen LogP) is 1.15. The van der Waals surface area contributed by atoms with Crippen molar-refractivity contribution in [1.82, 2.24) is 20.0 Å². The van der Waals surface area contributed by atoms with Crippen molar-refractivity contribution >= 4 is 11.8 Å². The molecule has 2 N–H and O–H groups in total. The summed E-state index contributed by atoms with van der Waals surface area (Å²) in [6.45, 7) is 6.28. The molecule has 1 saturated heterocycles. The summed E-state index contributed by atoms with van der Waals surface area (Å²) in [7, 11) is 0. The number of piperazine rings is 1. The van der Waals surface area contributed by atoms with Crippen LogP contribution in [0.2, 0.25) is 0 Å². The van der Waals surface area contributed by atoms with E-state index in [0.717, 1.165) is 38.2 Å². The Morgan fingerprint density at radius 3 is 2.52 bits per heavy atom. The molecule has 0 radical (unpaired) electrons. The lowest BCUT2D eigenvalue weighted by Gasteiger charge is -2.34. The lowest BCUT2D eigenvalue weighted by atomic mass is 9.95. The predicted molar refractivity (Wildman–Crippen MR) is 126 cm³/mol. The number of aliphatic hydroxyl groups excluding tert-OH is 1. The van der Waals surface area contributed by atoms with Gasteiger partial charge >= 0.3 is 0 Å². The molecule has 33 heavy (non-hydrogen) atoms. The molecule has 7 heteroatoms. The van der Waals surface area contributed by atoms with Crippen molar-refractivity contribution in [3.8, 4) is 0 Å². The van der Waals surface area contributed by atoms with Gasteiger partial charge in [0.25, 0.3) is 11.8 Å². The number of carbonyl (C=O) groups is 2. The van der Waals surface area contributed by atoms with Crippen molar-refractivity contribution < 1.29 is 14.7 Å². The number of rotatable bonds is 5. The van der Waals surface area contributed by atoms with Crippen LogP contribution in [0.15, 0.2) is 42.5 Å². The molecule has 5 rings (SSSR count). The number of fused-ring (bicyclic) bond motifs is 2. The molecular formula is C26H32N4O3. The smallest absolute Gasteiger partial charge is 0.254 e. The van der Waals surface area contributed by atoms with Crippen LogP contribution < -0.4 is 5.32 Å². The Balaban J connectivity index is 1.19. The van der Waals surface area contributed by atoms with Crippen LogP contribution in [0.4, 0.5) is 0 Å². The lowest BCUT2D eigenvalue weighted by molar-refractivity contribution is 0.0492. The average molecular weight is 449 g/mol. The summed E-state index contributed by atoms with van der Waals surface area (Å²) < 4.78 is 0. The summed E-state index contributed by atoms with van der Waals surface area (Å²) in [5.41, 5.74) is 4.95. The number of nitrogens with zero attached hydrogens (tertiary/aromatic N) is 3. The van der Waals surface area contributed by atoms with Crippen LogP contribution in [0, 0.1) is 0 Å². The first kappa shape index (κ1) is 22.1. The maximum absolute atomic E-state index is 13.1. The van der Waals surface area contributed by atoms with Crippen LogP contribution in [0.3, 0.4) is 0 Å². The van der Waals surface area contributed by atoms with Crippen LogP contribution in [0.5, 0.6) is 0 Å². The van der Waals surface area contributed by atoms with Gasteiger partial charge in [0, 0.05) is 70.0 Å². The molecule has 0 unspecified atom stereocenters. The van der Waals surface area contributed by atoms with E-state index >= 15 is 0 Å². The molecule has 2 aromatic rings. The van der Waals surface area contributed by atoms with Crippen molar-refractivity contribution in [3.05, 3.63) is 70.3 Å². The van der Waals surface area contributed by atoms with Crippen molar-refractivity contribution in [2.45, 2.75) is 25.5 Å². The van der Waals surface area contributed by atoms with Gasteiger partial charge in [-0.25, -0.2) is 0 Å². The normalized spacial score (nSPS) is 19.7. The highest BCUT2D eigenvalue weighted by Crippen LogP contribution is 2.23. The highest BCUT2D eigenvalue weighted by Gasteiger charge is 2.28. The van der Waals surface area contributed by atoms with Gasteiger partial charge in [0.2, 0.25) is 0 Å². The molecule has 1 fully saturated rings. The fourth-order valence-electron chi connectivity index (χ4n) is 5.21. The second-order valence-corrected chi connectivity index (χ2v) is 9.32. The SMILES string of the molecule is O=C(c1ccc2c(c1)CCN(C[C@H](O)CN1CCc3ccccc3C1)C2=O)N1CCNCC1. The minimum absolute atomic E-state index is 0.0349. The van der Waals surface area contributed by atoms with E-state index < -0.39 is 6.10 Å². The number of β-amino-alcohol motifs (C(OH)–C–C–N with tert-alkyl or cyclic N) is 1. The molecule has 3 aliphatic heterocycles. The second kappa shape index (κ2) is 9.63. The lowest BCUT2D eigenvalue weighted by Crippen LogP contribution is -2.47. The highest BCUT2D eigenvalue weighted by molar-refractivity contribution is 6.00. The molecule has 0 saturated carbocycles. The first-order chi connectivity index (χ1) is 16.1. The Morgan fingerprint density at radius 2 is 1.70 bits per heavy atom. The van der Waals surface area contributed by atoms with Crippen LogP contribution >= 0.6 is 0 Å². The molecule has 3 heterocycles. The molecule has 0 bridgehead atoms. The fourth-order valence-corrected chi connectivity index (χ4v) is 5.21. The van der Waals surface area contributed by atoms with Gasteiger partial charge in [0.05, 0.1) is 6.10 Å². The summed E-state index contributed by atoms with van der Waals surface area (Å²) in [4.78, 5) is 31.8. The molecule has 1 atom stereocenters. The van der Waals surface area contributed by atoms with Crippen LogP contribution in [0.1, 0.15) is 37.4 Å². The van der Waals surface area contributed by atoms with Crippen LogP contribution in [-0.4, -0.2) is 90.1 Å². The Hall–Kier alpha value is -2.74. The number of hydrogen-bond donors (Lipinski definition) is 2. The molecule has 0 spiro atoms. The topological polar surface area (TPSA) is 76.1 Å². The van der Waals surface area contributed by atoms with Crippen molar-refractivity contribution in [1.29, 1.82) is 0 Å². The molecule has 174 valence electrons. The second-order valence-electron chi connectivity index (χ2n) is 9.32. The first-order valence-electron chi connectivity index (χ1n) is 12.0. The number of hydrogen-bond acceptors (Lipinski definition) is 5. The van der Waals surface area contributed by atoms with E-state index in [2.05, 4.69) is 34.5 Å². The monoisotopic (exact) mass is 448 g/mol. The zero-order valence-corrected chi connectivity index (χ0v) is 19.0. The van der Waals surface area contributed by atoms with Crippen molar-refractivity contribution in [2.75, 3.05) is 52.4 Å². The molecule has 7 nitrogen and oxygen atoms in total. The Kier molecular flexibility index (Phi) is 6.44. The summed E-state index contributed by atoms with van der Waals surface area (Å²) in [6, 6.07) is 13.9. The largest absolute Gasteiger partial charge is 0.390 e. The third-order valence-corrected chi connectivity index (χ3v) is 7.03. The Labute approximate surface area is 195 Å². The van der Waals surface area contributed by atoms with E-state index in [1.54, 1.807) is 17.0 Å². The van der Waals surface area contributed by atoms with E-state index in [1.165, 1.54) is 11.1 Å². The van der Waals surface area contributed by atoms with Crippen molar-refractivity contribution in [2.24, 2.45) is 0 Å². The number of amides is 2. The van der Waals surface area contributed by atoms with E-state index in [0.29, 0.717) is 50.3 Å². The van der Waals surface area contributed by atoms with Crippen LogP contribution in [-0.2, 0) is 19.4 Å². The van der Waals surface area contributed by atoms with Gasteiger partial charge in [-0.2, -0.15) is 0 Å². The summed E-state index contributed by atoms with van der Waals surface area (Å²) in [5.74, 6) is -0.0202. The van der Waals surface area contributed by atoms with Crippen molar-refractivity contribution in [3.63, 3.8) is 0 Å². The van der Waals surface area contributed by atoms with E-state index in [1.807, 2.05) is 11.0 Å². The Morgan fingerprint density at radius 1 is 0.939 bits per heavy atom. The number of carbonyl (C=O) groups excluding carboxylic acids is 2. The van der Waals surface area contributed by atoms with Gasteiger partial charge in [-0.3, -0.25) is 14.5 Å². The zero-order chi connectivity index (χ0) is 22.8. The third kappa shape index (κ3) is 4.81. The van der Waals surface area contributed by atoms with Gasteiger partial charge in [0.15, 0.2) is 0 Å².